The number of hydrogen-bond acceptors (Lipinski definition) is 6. The van der Waals surface area contributed by atoms with Gasteiger partial charge in [-0.15, -0.1) is 0 Å². The van der Waals surface area contributed by atoms with E-state index in [1.54, 1.807) is 0 Å². The largest absolute Gasteiger partial charge is 0.495 e. The fourth-order valence-corrected chi connectivity index (χ4v) is 2.11. The third-order valence-electron chi connectivity index (χ3n) is 3.73. The zero-order valence-electron chi connectivity index (χ0n) is 13.1. The number of benzene rings is 1. The molecule has 1 fully saturated rings. The molecule has 0 radical (unpaired) electrons. The van der Waals surface area contributed by atoms with Gasteiger partial charge in [0, 0.05) is 12.1 Å². The van der Waals surface area contributed by atoms with Crippen LogP contribution in [0.5, 0.6) is 5.75 Å². The van der Waals surface area contributed by atoms with Crippen LogP contribution in [0.1, 0.15) is 20.3 Å². The predicted molar refractivity (Wildman–Crippen MR) is 81.1 cm³/mol. The summed E-state index contributed by atoms with van der Waals surface area (Å²) in [7, 11) is 1.38. The Kier molecular flexibility index (Phi) is 4.83. The van der Waals surface area contributed by atoms with Crippen molar-refractivity contribution in [1.82, 2.24) is 0 Å². The lowest BCUT2D eigenvalue weighted by Gasteiger charge is -2.15. The number of carbonyl (C=O) groups excluding carboxylic acids is 2. The Balaban J connectivity index is 2.04. The van der Waals surface area contributed by atoms with Crippen molar-refractivity contribution in [2.45, 2.75) is 26.4 Å². The smallest absolute Gasteiger partial charge is 0.309 e. The number of carbonyl (C=O) groups is 2. The Morgan fingerprint density at radius 1 is 1.43 bits per heavy atom. The molecule has 1 N–H and O–H groups in total. The van der Waals surface area contributed by atoms with Gasteiger partial charge in [-0.05, 0) is 25.3 Å². The molecule has 0 spiro atoms. The van der Waals surface area contributed by atoms with Crippen molar-refractivity contribution < 1.29 is 24.0 Å². The molecule has 0 unspecified atom stereocenters. The van der Waals surface area contributed by atoms with E-state index >= 15 is 0 Å². The molecule has 124 valence electrons. The first-order valence-electron chi connectivity index (χ1n) is 7.17. The summed E-state index contributed by atoms with van der Waals surface area (Å²) in [6.07, 6.45) is -0.231. The third kappa shape index (κ3) is 3.97. The van der Waals surface area contributed by atoms with Crippen molar-refractivity contribution in [2.24, 2.45) is 11.8 Å². The lowest BCUT2D eigenvalue weighted by molar-refractivity contribution is -0.384. The maximum Gasteiger partial charge on any atom is 0.309 e. The van der Waals surface area contributed by atoms with Crippen LogP contribution >= 0.6 is 0 Å². The molecule has 1 saturated carbocycles. The molecule has 0 heterocycles. The van der Waals surface area contributed by atoms with Crippen LogP contribution in [0.2, 0.25) is 0 Å². The number of hydrogen-bond donors (Lipinski definition) is 1. The number of non-ortho nitro benzene ring substituents is 1. The number of rotatable bonds is 6. The summed E-state index contributed by atoms with van der Waals surface area (Å²) in [5.41, 5.74) is -0.0352. The summed E-state index contributed by atoms with van der Waals surface area (Å²) in [5, 5.41) is 13.3. The molecule has 0 aromatic heterocycles. The van der Waals surface area contributed by atoms with Gasteiger partial charge >= 0.3 is 5.97 Å². The first-order chi connectivity index (χ1) is 10.8. The van der Waals surface area contributed by atoms with Crippen LogP contribution in [-0.4, -0.2) is 30.0 Å². The molecule has 1 amide bonds. The Hall–Kier alpha value is -2.64. The highest BCUT2D eigenvalue weighted by atomic mass is 16.6. The number of anilines is 1. The van der Waals surface area contributed by atoms with Crippen LogP contribution in [0.25, 0.3) is 0 Å². The molecule has 8 heteroatoms. The van der Waals surface area contributed by atoms with Gasteiger partial charge in [0.05, 0.1) is 23.6 Å². The first-order valence-corrected chi connectivity index (χ1v) is 7.17. The summed E-state index contributed by atoms with van der Waals surface area (Å²) in [5.74, 6) is -0.554. The highest BCUT2D eigenvalue weighted by Crippen LogP contribution is 2.38. The molecular weight excluding hydrogens is 304 g/mol. The third-order valence-corrected chi connectivity index (χ3v) is 3.73. The molecule has 0 aliphatic heterocycles. The number of nitrogens with zero attached hydrogens (tertiary/aromatic N) is 1. The Labute approximate surface area is 132 Å². The number of methoxy groups -OCH3 is 1. The van der Waals surface area contributed by atoms with Crippen LogP contribution in [0.3, 0.4) is 0 Å². The minimum atomic E-state index is -1.00. The molecule has 1 aliphatic carbocycles. The predicted octanol–water partition coefficient (Wildman–Crippen LogP) is 2.13. The monoisotopic (exact) mass is 322 g/mol. The fraction of sp³-hybridized carbons (Fsp3) is 0.467. The van der Waals surface area contributed by atoms with E-state index in [9.17, 15) is 19.7 Å². The Morgan fingerprint density at radius 2 is 2.09 bits per heavy atom. The van der Waals surface area contributed by atoms with E-state index in [2.05, 4.69) is 5.32 Å². The van der Waals surface area contributed by atoms with Gasteiger partial charge in [0.1, 0.15) is 5.75 Å². The van der Waals surface area contributed by atoms with Crippen molar-refractivity contribution in [3.8, 4) is 5.75 Å². The van der Waals surface area contributed by atoms with Gasteiger partial charge in [-0.3, -0.25) is 19.7 Å². The second kappa shape index (κ2) is 6.64. The number of nitro groups is 1. The minimum Gasteiger partial charge on any atom is -0.495 e. The van der Waals surface area contributed by atoms with Crippen LogP contribution in [-0.2, 0) is 14.3 Å². The maximum atomic E-state index is 12.1. The van der Waals surface area contributed by atoms with E-state index < -0.39 is 22.9 Å². The van der Waals surface area contributed by atoms with Crippen molar-refractivity contribution in [2.75, 3.05) is 12.4 Å². The van der Waals surface area contributed by atoms with Crippen molar-refractivity contribution in [1.29, 1.82) is 0 Å². The number of nitro benzene ring substituents is 1. The van der Waals surface area contributed by atoms with E-state index in [4.69, 9.17) is 9.47 Å². The molecule has 1 aromatic carbocycles. The number of nitrogens with one attached hydrogen (secondary N) is 1. The highest BCUT2D eigenvalue weighted by Gasteiger charge is 2.41. The van der Waals surface area contributed by atoms with Gasteiger partial charge in [0.15, 0.2) is 6.10 Å². The second-order valence-corrected chi connectivity index (χ2v) is 5.53. The maximum absolute atomic E-state index is 12.1. The molecule has 0 bridgehead atoms. The topological polar surface area (TPSA) is 108 Å². The van der Waals surface area contributed by atoms with Crippen LogP contribution in [0.15, 0.2) is 18.2 Å². The van der Waals surface area contributed by atoms with E-state index in [1.807, 2.05) is 6.92 Å². The minimum absolute atomic E-state index is 0.141. The SMILES string of the molecule is COc1ccc([N+](=O)[O-])cc1NC(=O)[C@H](C)OC(=O)[C@H]1C[C@H]1C. The normalized spacial score (nSPS) is 20.3. The summed E-state index contributed by atoms with van der Waals surface area (Å²) in [6.45, 7) is 3.38. The van der Waals surface area contributed by atoms with Crippen molar-refractivity contribution in [3.05, 3.63) is 28.3 Å². The molecule has 0 saturated heterocycles. The van der Waals surface area contributed by atoms with Gasteiger partial charge in [-0.2, -0.15) is 0 Å². The zero-order valence-corrected chi connectivity index (χ0v) is 13.1. The quantitative estimate of drug-likeness (QED) is 0.488. The Bertz CT molecular complexity index is 645. The zero-order chi connectivity index (χ0) is 17.1. The van der Waals surface area contributed by atoms with Gasteiger partial charge in [-0.1, -0.05) is 6.92 Å². The summed E-state index contributed by atoms with van der Waals surface area (Å²) in [6, 6.07) is 3.84. The summed E-state index contributed by atoms with van der Waals surface area (Å²) < 4.78 is 10.2. The van der Waals surface area contributed by atoms with Gasteiger partial charge in [-0.25, -0.2) is 0 Å². The average Bonchev–Trinajstić information content (AvgIpc) is 3.24. The summed E-state index contributed by atoms with van der Waals surface area (Å²) >= 11 is 0. The lowest BCUT2D eigenvalue weighted by atomic mass is 10.2. The lowest BCUT2D eigenvalue weighted by Crippen LogP contribution is -2.30. The first kappa shape index (κ1) is 16.7. The van der Waals surface area contributed by atoms with Gasteiger partial charge in [0.25, 0.3) is 11.6 Å². The Morgan fingerprint density at radius 3 is 2.61 bits per heavy atom. The van der Waals surface area contributed by atoms with E-state index in [0.29, 0.717) is 0 Å². The van der Waals surface area contributed by atoms with Crippen molar-refractivity contribution >= 4 is 23.3 Å². The van der Waals surface area contributed by atoms with Crippen LogP contribution in [0, 0.1) is 22.0 Å². The number of esters is 1. The van der Waals surface area contributed by atoms with Crippen LogP contribution in [0.4, 0.5) is 11.4 Å². The molecule has 23 heavy (non-hydrogen) atoms. The molecule has 1 aromatic rings. The molecular formula is C15H18N2O6. The van der Waals surface area contributed by atoms with E-state index in [1.165, 1.54) is 32.2 Å². The second-order valence-electron chi connectivity index (χ2n) is 5.53. The number of ether oxygens (including phenoxy) is 2. The molecule has 2 rings (SSSR count). The highest BCUT2D eigenvalue weighted by molar-refractivity contribution is 5.96. The van der Waals surface area contributed by atoms with E-state index in [0.717, 1.165) is 6.42 Å². The van der Waals surface area contributed by atoms with E-state index in [-0.39, 0.29) is 29.0 Å². The van der Waals surface area contributed by atoms with Gasteiger partial charge < -0.3 is 14.8 Å². The summed E-state index contributed by atoms with van der Waals surface area (Å²) in [4.78, 5) is 34.1. The van der Waals surface area contributed by atoms with Crippen LogP contribution < -0.4 is 10.1 Å². The molecule has 1 aliphatic rings. The number of amides is 1. The molecule has 3 atom stereocenters. The van der Waals surface area contributed by atoms with Crippen molar-refractivity contribution in [3.63, 3.8) is 0 Å². The molecule has 8 nitrogen and oxygen atoms in total. The fourth-order valence-electron chi connectivity index (χ4n) is 2.11. The average molecular weight is 322 g/mol. The standard InChI is InChI=1S/C15H18N2O6/c1-8-6-11(8)15(19)23-9(2)14(18)16-12-7-10(17(20)21)4-5-13(12)22-3/h4-5,7-9,11H,6H2,1-3H3,(H,16,18)/t8-,9+,11+/m1/s1. The van der Waals surface area contributed by atoms with Gasteiger partial charge in [0.2, 0.25) is 0 Å².